The predicted octanol–water partition coefficient (Wildman–Crippen LogP) is 2.98. The minimum atomic E-state index is -0.155. The van der Waals surface area contributed by atoms with Crippen LogP contribution in [0.4, 0.5) is 10.5 Å². The molecule has 22 heavy (non-hydrogen) atoms. The second kappa shape index (κ2) is 4.91. The number of benzene rings is 2. The number of aryl methyl sites for hydroxylation is 1. The summed E-state index contributed by atoms with van der Waals surface area (Å²) in [6.45, 7) is 0. The fourth-order valence-electron chi connectivity index (χ4n) is 3.33. The van der Waals surface area contributed by atoms with Crippen LogP contribution >= 0.6 is 0 Å². The first-order valence-electron chi connectivity index (χ1n) is 7.46. The lowest BCUT2D eigenvalue weighted by Gasteiger charge is -2.34. The second-order valence-electron chi connectivity index (χ2n) is 5.76. The number of carbonyl (C=O) groups is 1. The van der Waals surface area contributed by atoms with Gasteiger partial charge in [0.05, 0.1) is 11.7 Å². The number of carbonyl (C=O) groups excluding carboxylic acids is 1. The van der Waals surface area contributed by atoms with E-state index in [1.54, 1.807) is 0 Å². The average molecular weight is 291 g/mol. The average Bonchev–Trinajstić information content (AvgIpc) is 2.55. The van der Waals surface area contributed by atoms with E-state index in [0.717, 1.165) is 35.4 Å². The zero-order chi connectivity index (χ0) is 15.1. The fourth-order valence-corrected chi connectivity index (χ4v) is 3.33. The monoisotopic (exact) mass is 291 g/mol. The van der Waals surface area contributed by atoms with Crippen molar-refractivity contribution < 1.29 is 4.79 Å². The van der Waals surface area contributed by atoms with Gasteiger partial charge in [-0.25, -0.2) is 4.79 Å². The van der Waals surface area contributed by atoms with Crippen LogP contribution in [-0.4, -0.2) is 6.03 Å². The molecule has 2 amide bonds. The summed E-state index contributed by atoms with van der Waals surface area (Å²) in [5.74, 6) is 0. The van der Waals surface area contributed by atoms with Gasteiger partial charge in [-0.3, -0.25) is 0 Å². The molecule has 1 atom stereocenters. The van der Waals surface area contributed by atoms with Gasteiger partial charge in [0.15, 0.2) is 0 Å². The maximum atomic E-state index is 12.1. The molecule has 0 spiro atoms. The summed E-state index contributed by atoms with van der Waals surface area (Å²) in [6, 6.07) is 15.7. The minimum absolute atomic E-state index is 0.0855. The van der Waals surface area contributed by atoms with Crippen LogP contribution in [0.5, 0.6) is 0 Å². The van der Waals surface area contributed by atoms with Crippen LogP contribution in [0.2, 0.25) is 0 Å². The third kappa shape index (κ3) is 2.04. The molecule has 1 aliphatic heterocycles. The van der Waals surface area contributed by atoms with Crippen LogP contribution in [0, 0.1) is 0 Å². The van der Waals surface area contributed by atoms with Gasteiger partial charge in [0.2, 0.25) is 0 Å². The number of amides is 2. The van der Waals surface area contributed by atoms with Crippen molar-refractivity contribution in [1.29, 1.82) is 0 Å². The van der Waals surface area contributed by atoms with E-state index < -0.39 is 0 Å². The first-order valence-corrected chi connectivity index (χ1v) is 7.46. The van der Waals surface area contributed by atoms with Crippen molar-refractivity contribution in [3.63, 3.8) is 0 Å². The first-order chi connectivity index (χ1) is 10.7. The minimum Gasteiger partial charge on any atom is -0.399 e. The summed E-state index contributed by atoms with van der Waals surface area (Å²) in [5, 5.41) is 6.02. The number of nitrogen functional groups attached to an aromatic ring is 1. The normalized spacial score (nSPS) is 19.8. The van der Waals surface area contributed by atoms with Gasteiger partial charge in [-0.2, -0.15) is 0 Å². The third-order valence-corrected chi connectivity index (χ3v) is 4.40. The van der Waals surface area contributed by atoms with Gasteiger partial charge in [0.25, 0.3) is 0 Å². The summed E-state index contributed by atoms with van der Waals surface area (Å²) in [6.07, 6.45) is 1.94. The zero-order valence-electron chi connectivity index (χ0n) is 12.1. The molecule has 0 radical (unpaired) electrons. The van der Waals surface area contributed by atoms with Crippen LogP contribution in [-0.2, 0) is 6.42 Å². The highest BCUT2D eigenvalue weighted by molar-refractivity contribution is 5.91. The van der Waals surface area contributed by atoms with Crippen molar-refractivity contribution in [2.75, 3.05) is 5.73 Å². The van der Waals surface area contributed by atoms with Crippen LogP contribution < -0.4 is 16.4 Å². The number of nitrogens with one attached hydrogen (secondary N) is 2. The smallest absolute Gasteiger partial charge is 0.319 e. The van der Waals surface area contributed by atoms with Crippen LogP contribution in [0.3, 0.4) is 0 Å². The molecule has 110 valence electrons. The number of hydrogen-bond acceptors (Lipinski definition) is 2. The summed E-state index contributed by atoms with van der Waals surface area (Å²) < 4.78 is 0. The summed E-state index contributed by atoms with van der Waals surface area (Å²) in [4.78, 5) is 12.1. The number of hydrogen-bond donors (Lipinski definition) is 3. The van der Waals surface area contributed by atoms with Crippen molar-refractivity contribution in [3.8, 4) is 0 Å². The molecule has 0 fully saturated rings. The largest absolute Gasteiger partial charge is 0.399 e. The lowest BCUT2D eigenvalue weighted by molar-refractivity contribution is 0.240. The summed E-state index contributed by atoms with van der Waals surface area (Å²) >= 11 is 0. The molecule has 0 saturated heterocycles. The van der Waals surface area contributed by atoms with E-state index in [9.17, 15) is 4.79 Å². The molecule has 4 N–H and O–H groups in total. The SMILES string of the molecule is Nc1ccc(C2NC(=O)NC3=C2CCc2ccccc23)cc1. The Morgan fingerprint density at radius 1 is 1.00 bits per heavy atom. The fraction of sp³-hybridized carbons (Fsp3) is 0.167. The van der Waals surface area contributed by atoms with E-state index in [4.69, 9.17) is 5.73 Å². The highest BCUT2D eigenvalue weighted by Gasteiger charge is 2.31. The predicted molar refractivity (Wildman–Crippen MR) is 86.9 cm³/mol. The quantitative estimate of drug-likeness (QED) is 0.707. The standard InChI is InChI=1S/C18H17N3O/c19-13-8-5-12(6-9-13)16-15-10-7-11-3-1-2-4-14(11)17(15)21-18(22)20-16/h1-6,8-9,16H,7,10,19H2,(H2,20,21,22). The Bertz CT molecular complexity index is 777. The van der Waals surface area contributed by atoms with Crippen molar-refractivity contribution >= 4 is 17.4 Å². The molecule has 4 rings (SSSR count). The van der Waals surface area contributed by atoms with Crippen molar-refractivity contribution in [2.45, 2.75) is 18.9 Å². The molecule has 1 unspecified atom stereocenters. The van der Waals surface area contributed by atoms with Gasteiger partial charge in [0.1, 0.15) is 0 Å². The molecule has 2 aromatic carbocycles. The van der Waals surface area contributed by atoms with Gasteiger partial charge < -0.3 is 16.4 Å². The Kier molecular flexibility index (Phi) is 2.89. The van der Waals surface area contributed by atoms with Crippen molar-refractivity contribution in [1.82, 2.24) is 10.6 Å². The molecule has 2 aromatic rings. The Hall–Kier alpha value is -2.75. The highest BCUT2D eigenvalue weighted by Crippen LogP contribution is 2.38. The van der Waals surface area contributed by atoms with Crippen LogP contribution in [0.25, 0.3) is 5.70 Å². The van der Waals surface area contributed by atoms with Crippen molar-refractivity contribution in [2.24, 2.45) is 0 Å². The van der Waals surface area contributed by atoms with Gasteiger partial charge >= 0.3 is 6.03 Å². The van der Waals surface area contributed by atoms with E-state index in [0.29, 0.717) is 0 Å². The molecule has 4 heteroatoms. The molecule has 0 aromatic heterocycles. The molecular weight excluding hydrogens is 274 g/mol. The van der Waals surface area contributed by atoms with Crippen molar-refractivity contribution in [3.05, 3.63) is 70.8 Å². The van der Waals surface area contributed by atoms with E-state index in [1.165, 1.54) is 11.1 Å². The Morgan fingerprint density at radius 2 is 1.77 bits per heavy atom. The summed E-state index contributed by atoms with van der Waals surface area (Å²) in [7, 11) is 0. The van der Waals surface area contributed by atoms with E-state index in [-0.39, 0.29) is 12.1 Å². The van der Waals surface area contributed by atoms with Crippen LogP contribution in [0.15, 0.2) is 54.1 Å². The Labute approximate surface area is 129 Å². The first kappa shape index (κ1) is 13.0. The molecular formula is C18H17N3O. The molecule has 1 aliphatic carbocycles. The number of nitrogens with two attached hydrogens (primary N) is 1. The molecule has 2 aliphatic rings. The lowest BCUT2D eigenvalue weighted by Crippen LogP contribution is -2.44. The lowest BCUT2D eigenvalue weighted by atomic mass is 9.83. The van der Waals surface area contributed by atoms with Gasteiger partial charge in [-0.05, 0) is 41.7 Å². The Balaban J connectivity index is 1.84. The van der Waals surface area contributed by atoms with Gasteiger partial charge in [0, 0.05) is 11.3 Å². The van der Waals surface area contributed by atoms with E-state index in [1.807, 2.05) is 36.4 Å². The van der Waals surface area contributed by atoms with E-state index in [2.05, 4.69) is 22.8 Å². The van der Waals surface area contributed by atoms with Gasteiger partial charge in [-0.1, -0.05) is 36.4 Å². The Morgan fingerprint density at radius 3 is 2.59 bits per heavy atom. The third-order valence-electron chi connectivity index (χ3n) is 4.40. The summed E-state index contributed by atoms with van der Waals surface area (Å²) in [5.41, 5.74) is 12.2. The number of anilines is 1. The number of urea groups is 1. The highest BCUT2D eigenvalue weighted by atomic mass is 16.2. The van der Waals surface area contributed by atoms with Crippen LogP contribution in [0.1, 0.15) is 29.2 Å². The maximum absolute atomic E-state index is 12.1. The van der Waals surface area contributed by atoms with Gasteiger partial charge in [-0.15, -0.1) is 0 Å². The molecule has 4 nitrogen and oxygen atoms in total. The molecule has 1 heterocycles. The second-order valence-corrected chi connectivity index (χ2v) is 5.76. The molecule has 0 bridgehead atoms. The maximum Gasteiger partial charge on any atom is 0.319 e. The molecule has 0 saturated carbocycles. The van der Waals surface area contributed by atoms with E-state index >= 15 is 0 Å². The zero-order valence-corrected chi connectivity index (χ0v) is 12.1. The number of fused-ring (bicyclic) bond motifs is 2. The number of rotatable bonds is 1. The topological polar surface area (TPSA) is 67.1 Å².